The quantitative estimate of drug-likeness (QED) is 0.385. The summed E-state index contributed by atoms with van der Waals surface area (Å²) in [6, 6.07) is 0. The predicted molar refractivity (Wildman–Crippen MR) is 103 cm³/mol. The van der Waals surface area contributed by atoms with E-state index in [9.17, 15) is 9.59 Å². The van der Waals surface area contributed by atoms with Gasteiger partial charge in [-0.3, -0.25) is 9.59 Å². The molecule has 0 radical (unpaired) electrons. The first-order valence-corrected chi connectivity index (χ1v) is 9.09. The lowest BCUT2D eigenvalue weighted by atomic mass is 10.1. The molecule has 1 aromatic carbocycles. The van der Waals surface area contributed by atoms with Crippen LogP contribution in [0.2, 0.25) is 0 Å². The van der Waals surface area contributed by atoms with Crippen LogP contribution in [0.4, 0.5) is 5.69 Å². The molecular weight excluding hydrogens is 606 g/mol. The summed E-state index contributed by atoms with van der Waals surface area (Å²) in [5, 5.41) is 2.37. The van der Waals surface area contributed by atoms with Crippen molar-refractivity contribution in [3.05, 3.63) is 21.8 Å². The summed E-state index contributed by atoms with van der Waals surface area (Å²) in [7, 11) is 0. The van der Waals surface area contributed by atoms with Crippen molar-refractivity contribution < 1.29 is 9.59 Å². The first-order chi connectivity index (χ1) is 8.81. The first kappa shape index (κ1) is 17.9. The van der Waals surface area contributed by atoms with Gasteiger partial charge >= 0.3 is 0 Å². The van der Waals surface area contributed by atoms with Gasteiger partial charge in [0.25, 0.3) is 5.24 Å². The summed E-state index contributed by atoms with van der Waals surface area (Å²) in [6.07, 6.45) is 1.24. The fourth-order valence-electron chi connectivity index (χ4n) is 1.50. The molecule has 0 atom stereocenters. The molecule has 7 heteroatoms. The van der Waals surface area contributed by atoms with Crippen molar-refractivity contribution in [2.75, 3.05) is 5.32 Å². The standard InChI is InChI=1S/C12H11ClI3NO2/c1-3-4-6(18)17-11-9(15)5(2)8(14)7(10(11)16)12(13)19/h3-4H2,1-2H3,(H,17,18). The lowest BCUT2D eigenvalue weighted by molar-refractivity contribution is -0.116. The molecule has 0 aliphatic heterocycles. The number of carbonyl (C=O) groups is 2. The molecule has 1 rings (SSSR count). The Bertz CT molecular complexity index is 547. The number of halogens is 4. The zero-order valence-corrected chi connectivity index (χ0v) is 17.5. The number of carbonyl (C=O) groups excluding carboxylic acids is 2. The van der Waals surface area contributed by atoms with Crippen molar-refractivity contribution in [1.29, 1.82) is 0 Å². The Hall–Kier alpha value is 0.840. The van der Waals surface area contributed by atoms with Crippen LogP contribution in [0.3, 0.4) is 0 Å². The van der Waals surface area contributed by atoms with Gasteiger partial charge in [-0.05, 0) is 98.3 Å². The highest BCUT2D eigenvalue weighted by Gasteiger charge is 2.22. The fourth-order valence-corrected chi connectivity index (χ4v) is 5.93. The van der Waals surface area contributed by atoms with Crippen LogP contribution in [-0.4, -0.2) is 11.1 Å². The summed E-state index contributed by atoms with van der Waals surface area (Å²) in [4.78, 5) is 23.3. The molecule has 19 heavy (non-hydrogen) atoms. The van der Waals surface area contributed by atoms with E-state index in [-0.39, 0.29) is 5.91 Å². The topological polar surface area (TPSA) is 46.2 Å². The molecule has 3 nitrogen and oxygen atoms in total. The number of hydrogen-bond donors (Lipinski definition) is 1. The highest BCUT2D eigenvalue weighted by molar-refractivity contribution is 14.1. The molecule has 0 aliphatic rings. The van der Waals surface area contributed by atoms with Gasteiger partial charge in [0.2, 0.25) is 5.91 Å². The molecule has 1 N–H and O–H groups in total. The first-order valence-electron chi connectivity index (χ1n) is 5.47. The van der Waals surface area contributed by atoms with Gasteiger partial charge in [-0.2, -0.15) is 0 Å². The molecule has 0 unspecified atom stereocenters. The fraction of sp³-hybridized carbons (Fsp3) is 0.333. The second-order valence-electron chi connectivity index (χ2n) is 3.89. The minimum atomic E-state index is -0.501. The minimum Gasteiger partial charge on any atom is -0.324 e. The Morgan fingerprint density at radius 2 is 1.74 bits per heavy atom. The van der Waals surface area contributed by atoms with Gasteiger partial charge in [0.15, 0.2) is 0 Å². The molecule has 0 heterocycles. The molecule has 1 amide bonds. The molecule has 104 valence electrons. The van der Waals surface area contributed by atoms with E-state index in [2.05, 4.69) is 73.1 Å². The third-order valence-electron chi connectivity index (χ3n) is 2.47. The average molecular weight is 617 g/mol. The third-order valence-corrected chi connectivity index (χ3v) is 6.44. The monoisotopic (exact) mass is 617 g/mol. The zero-order valence-electron chi connectivity index (χ0n) is 10.2. The lowest BCUT2D eigenvalue weighted by Gasteiger charge is -2.16. The molecule has 0 saturated heterocycles. The summed E-state index contributed by atoms with van der Waals surface area (Å²) in [5.41, 5.74) is 2.10. The van der Waals surface area contributed by atoms with Gasteiger partial charge in [0.05, 0.1) is 14.8 Å². The highest BCUT2D eigenvalue weighted by atomic mass is 127. The van der Waals surface area contributed by atoms with Gasteiger partial charge in [-0.1, -0.05) is 6.92 Å². The largest absolute Gasteiger partial charge is 0.324 e. The second kappa shape index (κ2) is 7.74. The molecule has 0 bridgehead atoms. The Morgan fingerprint density at radius 3 is 2.21 bits per heavy atom. The maximum absolute atomic E-state index is 11.8. The summed E-state index contributed by atoms with van der Waals surface area (Å²) >= 11 is 12.0. The van der Waals surface area contributed by atoms with Crippen LogP contribution in [0.1, 0.15) is 35.7 Å². The van der Waals surface area contributed by atoms with E-state index in [4.69, 9.17) is 11.6 Å². The molecular formula is C12H11ClI3NO2. The van der Waals surface area contributed by atoms with E-state index >= 15 is 0 Å². The normalized spacial score (nSPS) is 10.4. The van der Waals surface area contributed by atoms with Crippen LogP contribution in [-0.2, 0) is 4.79 Å². The highest BCUT2D eigenvalue weighted by Crippen LogP contribution is 2.35. The Balaban J connectivity index is 3.39. The number of amides is 1. The Morgan fingerprint density at radius 1 is 1.16 bits per heavy atom. The van der Waals surface area contributed by atoms with E-state index in [1.165, 1.54) is 0 Å². The van der Waals surface area contributed by atoms with E-state index in [1.54, 1.807) is 0 Å². The number of anilines is 1. The van der Waals surface area contributed by atoms with Gasteiger partial charge in [0.1, 0.15) is 0 Å². The number of benzene rings is 1. The zero-order chi connectivity index (χ0) is 14.7. The van der Waals surface area contributed by atoms with Gasteiger partial charge < -0.3 is 5.32 Å². The summed E-state index contributed by atoms with van der Waals surface area (Å²) in [6.45, 7) is 3.86. The Labute approximate surface area is 158 Å². The van der Waals surface area contributed by atoms with Crippen molar-refractivity contribution in [3.8, 4) is 0 Å². The van der Waals surface area contributed by atoms with Crippen molar-refractivity contribution in [1.82, 2.24) is 0 Å². The van der Waals surface area contributed by atoms with Crippen LogP contribution in [0, 0.1) is 17.6 Å². The maximum atomic E-state index is 11.8. The molecule has 0 saturated carbocycles. The van der Waals surface area contributed by atoms with Crippen LogP contribution in [0.25, 0.3) is 0 Å². The maximum Gasteiger partial charge on any atom is 0.254 e. The molecule has 0 aliphatic carbocycles. The van der Waals surface area contributed by atoms with Gasteiger partial charge in [-0.25, -0.2) is 0 Å². The van der Waals surface area contributed by atoms with Crippen molar-refractivity contribution in [2.45, 2.75) is 26.7 Å². The van der Waals surface area contributed by atoms with Crippen LogP contribution >= 0.6 is 79.4 Å². The van der Waals surface area contributed by atoms with Gasteiger partial charge in [0, 0.05) is 13.6 Å². The van der Waals surface area contributed by atoms with Crippen molar-refractivity contribution in [3.63, 3.8) is 0 Å². The van der Waals surface area contributed by atoms with Crippen LogP contribution < -0.4 is 5.32 Å². The van der Waals surface area contributed by atoms with E-state index in [0.29, 0.717) is 21.2 Å². The van der Waals surface area contributed by atoms with E-state index in [1.807, 2.05) is 13.8 Å². The smallest absolute Gasteiger partial charge is 0.254 e. The Kier molecular flexibility index (Phi) is 7.28. The second-order valence-corrected chi connectivity index (χ2v) is 7.47. The average Bonchev–Trinajstić information content (AvgIpc) is 2.32. The SMILES string of the molecule is CCCC(=O)Nc1c(I)c(C)c(I)c(C(=O)Cl)c1I. The molecule has 0 fully saturated rings. The predicted octanol–water partition coefficient (Wildman–Crippen LogP) is 4.93. The summed E-state index contributed by atoms with van der Waals surface area (Å²) < 4.78 is 2.47. The molecule has 0 aromatic heterocycles. The summed E-state index contributed by atoms with van der Waals surface area (Å²) in [5.74, 6) is -0.0492. The number of hydrogen-bond acceptors (Lipinski definition) is 2. The minimum absolute atomic E-state index is 0.0492. The van der Waals surface area contributed by atoms with Crippen LogP contribution in [0.5, 0.6) is 0 Å². The number of rotatable bonds is 4. The molecule has 0 spiro atoms. The van der Waals surface area contributed by atoms with E-state index < -0.39 is 5.24 Å². The van der Waals surface area contributed by atoms with Crippen molar-refractivity contribution >= 4 is 96.2 Å². The van der Waals surface area contributed by atoms with Crippen LogP contribution in [0.15, 0.2) is 0 Å². The van der Waals surface area contributed by atoms with Gasteiger partial charge in [-0.15, -0.1) is 0 Å². The number of nitrogens with one attached hydrogen (secondary N) is 1. The van der Waals surface area contributed by atoms with Crippen molar-refractivity contribution in [2.24, 2.45) is 0 Å². The third kappa shape index (κ3) is 4.16. The molecule has 1 aromatic rings. The lowest BCUT2D eigenvalue weighted by Crippen LogP contribution is -2.16. The van der Waals surface area contributed by atoms with E-state index in [0.717, 1.165) is 19.1 Å².